The minimum Gasteiger partial charge on any atom is -0.493 e. The van der Waals surface area contributed by atoms with Crippen LogP contribution < -0.4 is 24.4 Å². The number of methoxy groups -OCH3 is 1. The Bertz CT molecular complexity index is 1410. The number of hydrogen-bond acceptors (Lipinski definition) is 8. The Morgan fingerprint density at radius 3 is 2.38 bits per heavy atom. The van der Waals surface area contributed by atoms with Gasteiger partial charge in [0.25, 0.3) is 0 Å². The smallest absolute Gasteiger partial charge is 0.321 e. The molecule has 4 aromatic rings. The Kier molecular flexibility index (Phi) is 8.77. The van der Waals surface area contributed by atoms with E-state index in [9.17, 15) is 4.79 Å². The third-order valence-electron chi connectivity index (χ3n) is 6.54. The second-order valence-corrected chi connectivity index (χ2v) is 9.11. The number of urea groups is 1. The molecule has 0 aliphatic carbocycles. The zero-order chi connectivity index (χ0) is 27.7. The first-order chi connectivity index (χ1) is 19.6. The molecule has 10 heteroatoms. The molecule has 0 radical (unpaired) electrons. The van der Waals surface area contributed by atoms with Crippen LogP contribution in [0, 0.1) is 0 Å². The largest absolute Gasteiger partial charge is 0.493 e. The van der Waals surface area contributed by atoms with Gasteiger partial charge in [-0.15, -0.1) is 0 Å². The van der Waals surface area contributed by atoms with Crippen LogP contribution in [0.1, 0.15) is 6.92 Å². The molecule has 10 nitrogen and oxygen atoms in total. The Morgan fingerprint density at radius 2 is 1.65 bits per heavy atom. The molecule has 1 fully saturated rings. The van der Waals surface area contributed by atoms with Crippen LogP contribution in [0.2, 0.25) is 0 Å². The summed E-state index contributed by atoms with van der Waals surface area (Å²) in [6, 6.07) is 20.6. The lowest BCUT2D eigenvalue weighted by Gasteiger charge is -2.35. The van der Waals surface area contributed by atoms with Crippen LogP contribution in [0.5, 0.6) is 23.0 Å². The third kappa shape index (κ3) is 6.52. The summed E-state index contributed by atoms with van der Waals surface area (Å²) in [6.45, 7) is 5.90. The van der Waals surface area contributed by atoms with Crippen molar-refractivity contribution in [2.24, 2.45) is 0 Å². The van der Waals surface area contributed by atoms with Gasteiger partial charge in [0, 0.05) is 49.9 Å². The Hall–Kier alpha value is -4.57. The lowest BCUT2D eigenvalue weighted by molar-refractivity contribution is 0.109. The minimum absolute atomic E-state index is 0.139. The molecular formula is C30H33N5O5. The number of anilines is 2. The highest BCUT2D eigenvalue weighted by atomic mass is 16.5. The number of aromatic nitrogens is 2. The molecule has 1 aromatic heterocycles. The molecule has 1 aliphatic rings. The zero-order valence-electron chi connectivity index (χ0n) is 22.7. The number of fused-ring (bicyclic) bond motifs is 1. The maximum absolute atomic E-state index is 12.9. The number of benzene rings is 3. The molecule has 5 rings (SSSR count). The number of nitrogens with one attached hydrogen (secondary N) is 1. The van der Waals surface area contributed by atoms with Gasteiger partial charge in [-0.2, -0.15) is 0 Å². The maximum atomic E-state index is 12.9. The first-order valence-corrected chi connectivity index (χ1v) is 13.3. The highest BCUT2D eigenvalue weighted by molar-refractivity contribution is 5.92. The van der Waals surface area contributed by atoms with E-state index in [0.29, 0.717) is 68.9 Å². The summed E-state index contributed by atoms with van der Waals surface area (Å²) in [7, 11) is 1.61. The molecule has 1 N–H and O–H groups in total. The van der Waals surface area contributed by atoms with Crippen molar-refractivity contribution in [3.63, 3.8) is 0 Å². The van der Waals surface area contributed by atoms with E-state index in [1.54, 1.807) is 18.3 Å². The summed E-state index contributed by atoms with van der Waals surface area (Å²) in [4.78, 5) is 25.9. The molecule has 3 aromatic carbocycles. The minimum atomic E-state index is -0.139. The van der Waals surface area contributed by atoms with Gasteiger partial charge < -0.3 is 34.1 Å². The van der Waals surface area contributed by atoms with Gasteiger partial charge in [0.05, 0.1) is 19.2 Å². The van der Waals surface area contributed by atoms with Crippen LogP contribution in [0.15, 0.2) is 73.1 Å². The number of rotatable bonds is 10. The lowest BCUT2D eigenvalue weighted by atomic mass is 10.2. The SMILES string of the molecule is CCOCCOc1cc2ncnc(N3CCN(C(=O)Nc4ccc(Oc5ccccc5)cc4)CC3)c2cc1OC. The van der Waals surface area contributed by atoms with Crippen molar-refractivity contribution in [3.05, 3.63) is 73.1 Å². The Labute approximate surface area is 233 Å². The maximum Gasteiger partial charge on any atom is 0.321 e. The van der Waals surface area contributed by atoms with Gasteiger partial charge in [-0.05, 0) is 49.4 Å². The van der Waals surface area contributed by atoms with E-state index >= 15 is 0 Å². The normalized spacial score (nSPS) is 13.2. The van der Waals surface area contributed by atoms with Crippen LogP contribution >= 0.6 is 0 Å². The second kappa shape index (κ2) is 13.0. The van der Waals surface area contributed by atoms with Gasteiger partial charge >= 0.3 is 6.03 Å². The number of carbonyl (C=O) groups excluding carboxylic acids is 1. The van der Waals surface area contributed by atoms with Crippen LogP contribution in [0.25, 0.3) is 10.9 Å². The van der Waals surface area contributed by atoms with Crippen LogP contribution in [0.3, 0.4) is 0 Å². The second-order valence-electron chi connectivity index (χ2n) is 9.11. The molecule has 0 saturated carbocycles. The predicted molar refractivity (Wildman–Crippen MR) is 154 cm³/mol. The molecule has 0 bridgehead atoms. The summed E-state index contributed by atoms with van der Waals surface area (Å²) in [5, 5.41) is 3.85. The molecular weight excluding hydrogens is 510 g/mol. The van der Waals surface area contributed by atoms with E-state index in [0.717, 1.165) is 22.5 Å². The van der Waals surface area contributed by atoms with Crippen molar-refractivity contribution < 1.29 is 23.7 Å². The molecule has 208 valence electrons. The fourth-order valence-electron chi connectivity index (χ4n) is 4.48. The zero-order valence-corrected chi connectivity index (χ0v) is 22.7. The van der Waals surface area contributed by atoms with Crippen molar-refractivity contribution in [1.29, 1.82) is 0 Å². The van der Waals surface area contributed by atoms with Gasteiger partial charge in [0.1, 0.15) is 30.3 Å². The molecule has 0 atom stereocenters. The topological polar surface area (TPSA) is 98.3 Å². The number of para-hydroxylation sites is 1. The monoisotopic (exact) mass is 543 g/mol. The van der Waals surface area contributed by atoms with Gasteiger partial charge in [0.2, 0.25) is 0 Å². The molecule has 1 aliphatic heterocycles. The quantitative estimate of drug-likeness (QED) is 0.273. The fraction of sp³-hybridized carbons (Fsp3) is 0.300. The number of carbonyl (C=O) groups is 1. The van der Waals surface area contributed by atoms with E-state index in [1.165, 1.54) is 0 Å². The van der Waals surface area contributed by atoms with Crippen LogP contribution in [-0.2, 0) is 4.74 Å². The van der Waals surface area contributed by atoms with Gasteiger partial charge in [0.15, 0.2) is 11.5 Å². The summed E-state index contributed by atoms with van der Waals surface area (Å²) in [5.74, 6) is 3.49. The number of ether oxygens (including phenoxy) is 4. The standard InChI is InChI=1S/C30H33N5O5/c1-3-38-17-18-39-28-20-26-25(19-27(28)37-2)29(32-21-31-26)34-13-15-35(16-14-34)30(36)33-22-9-11-24(12-10-22)40-23-7-5-4-6-8-23/h4-12,19-21H,3,13-18H2,1-2H3,(H,33,36). The third-order valence-corrected chi connectivity index (χ3v) is 6.54. The molecule has 2 heterocycles. The predicted octanol–water partition coefficient (Wildman–Crippen LogP) is 5.20. The summed E-state index contributed by atoms with van der Waals surface area (Å²) in [5.41, 5.74) is 1.47. The molecule has 2 amide bonds. The van der Waals surface area contributed by atoms with E-state index in [2.05, 4.69) is 20.2 Å². The summed E-state index contributed by atoms with van der Waals surface area (Å²) >= 11 is 0. The average molecular weight is 544 g/mol. The first-order valence-electron chi connectivity index (χ1n) is 13.3. The van der Waals surface area contributed by atoms with Gasteiger partial charge in [-0.25, -0.2) is 14.8 Å². The first kappa shape index (κ1) is 27.0. The number of amides is 2. The van der Waals surface area contributed by atoms with E-state index in [-0.39, 0.29) is 6.03 Å². The lowest BCUT2D eigenvalue weighted by Crippen LogP contribution is -2.50. The highest BCUT2D eigenvalue weighted by Crippen LogP contribution is 2.35. The summed E-state index contributed by atoms with van der Waals surface area (Å²) in [6.07, 6.45) is 1.55. The van der Waals surface area contributed by atoms with Crippen molar-refractivity contribution in [1.82, 2.24) is 14.9 Å². The van der Waals surface area contributed by atoms with Crippen molar-refractivity contribution >= 4 is 28.4 Å². The van der Waals surface area contributed by atoms with Crippen molar-refractivity contribution in [3.8, 4) is 23.0 Å². The average Bonchev–Trinajstić information content (AvgIpc) is 3.00. The Morgan fingerprint density at radius 1 is 0.900 bits per heavy atom. The van der Waals surface area contributed by atoms with Gasteiger partial charge in [-0.3, -0.25) is 0 Å². The van der Waals surface area contributed by atoms with E-state index in [4.69, 9.17) is 18.9 Å². The number of nitrogens with zero attached hydrogens (tertiary/aromatic N) is 4. The number of hydrogen-bond donors (Lipinski definition) is 1. The van der Waals surface area contributed by atoms with E-state index < -0.39 is 0 Å². The highest BCUT2D eigenvalue weighted by Gasteiger charge is 2.24. The molecule has 40 heavy (non-hydrogen) atoms. The van der Waals surface area contributed by atoms with E-state index in [1.807, 2.05) is 73.7 Å². The van der Waals surface area contributed by atoms with Crippen LogP contribution in [-0.4, -0.2) is 74.0 Å². The van der Waals surface area contributed by atoms with Crippen molar-refractivity contribution in [2.45, 2.75) is 6.92 Å². The van der Waals surface area contributed by atoms with Crippen molar-refractivity contribution in [2.75, 3.05) is 63.3 Å². The molecule has 0 unspecified atom stereocenters. The number of piperazine rings is 1. The van der Waals surface area contributed by atoms with Gasteiger partial charge in [-0.1, -0.05) is 18.2 Å². The molecule has 0 spiro atoms. The fourth-order valence-corrected chi connectivity index (χ4v) is 4.48. The molecule has 1 saturated heterocycles. The Balaban J connectivity index is 1.19. The summed E-state index contributed by atoms with van der Waals surface area (Å²) < 4.78 is 22.6. The van der Waals surface area contributed by atoms with Crippen LogP contribution in [0.4, 0.5) is 16.3 Å².